The maximum atomic E-state index is 12.2. The number of rotatable bonds is 4. The van der Waals surface area contributed by atoms with E-state index >= 15 is 0 Å². The summed E-state index contributed by atoms with van der Waals surface area (Å²) in [6.45, 7) is 3.15. The molecule has 0 aromatic heterocycles. The third-order valence-corrected chi connectivity index (χ3v) is 3.27. The van der Waals surface area contributed by atoms with Crippen LogP contribution in [-0.4, -0.2) is 44.5 Å². The predicted molar refractivity (Wildman–Crippen MR) is 72.5 cm³/mol. The van der Waals surface area contributed by atoms with Crippen LogP contribution in [0, 0.1) is 0 Å². The van der Waals surface area contributed by atoms with Gasteiger partial charge in [-0.05, 0) is 25.2 Å². The lowest BCUT2D eigenvalue weighted by Crippen LogP contribution is -2.40. The molecule has 1 unspecified atom stereocenters. The normalized spacial score (nSPS) is 18.5. The van der Waals surface area contributed by atoms with Crippen molar-refractivity contribution in [3.8, 4) is 0 Å². The van der Waals surface area contributed by atoms with E-state index in [1.54, 1.807) is 0 Å². The van der Waals surface area contributed by atoms with Gasteiger partial charge in [0.25, 0.3) is 0 Å². The predicted octanol–water partition coefficient (Wildman–Crippen LogP) is 0.551. The van der Waals surface area contributed by atoms with E-state index in [2.05, 4.69) is 27.7 Å². The number of hydrogen-bond acceptors (Lipinski definition) is 3. The zero-order chi connectivity index (χ0) is 13.0. The van der Waals surface area contributed by atoms with E-state index in [0.29, 0.717) is 6.54 Å². The fourth-order valence-electron chi connectivity index (χ4n) is 2.26. The first kappa shape index (κ1) is 13.1. The summed E-state index contributed by atoms with van der Waals surface area (Å²) in [5.74, 6) is 0.0635. The molecule has 1 aliphatic rings. The molecule has 98 valence electrons. The van der Waals surface area contributed by atoms with Gasteiger partial charge < -0.3 is 15.5 Å². The molecule has 0 saturated carbocycles. The van der Waals surface area contributed by atoms with Crippen LogP contribution in [0.4, 0.5) is 0 Å². The van der Waals surface area contributed by atoms with Crippen molar-refractivity contribution in [3.63, 3.8) is 0 Å². The number of carbonyl (C=O) groups excluding carboxylic acids is 1. The Morgan fingerprint density at radius 1 is 1.44 bits per heavy atom. The van der Waals surface area contributed by atoms with Crippen molar-refractivity contribution in [2.24, 2.45) is 0 Å². The van der Waals surface area contributed by atoms with Gasteiger partial charge in [-0.15, -0.1) is 0 Å². The quantitative estimate of drug-likeness (QED) is 0.817. The van der Waals surface area contributed by atoms with Gasteiger partial charge in [0, 0.05) is 26.2 Å². The van der Waals surface area contributed by atoms with Crippen LogP contribution in [0.15, 0.2) is 24.3 Å². The molecule has 2 rings (SSSR count). The van der Waals surface area contributed by atoms with Gasteiger partial charge in [0.05, 0.1) is 5.92 Å². The summed E-state index contributed by atoms with van der Waals surface area (Å²) in [6, 6.07) is 8.17. The molecule has 0 radical (unpaired) electrons. The molecule has 0 saturated heterocycles. The van der Waals surface area contributed by atoms with E-state index in [0.717, 1.165) is 19.6 Å². The van der Waals surface area contributed by atoms with Gasteiger partial charge in [0.15, 0.2) is 0 Å². The summed E-state index contributed by atoms with van der Waals surface area (Å²) in [6.07, 6.45) is 0. The summed E-state index contributed by atoms with van der Waals surface area (Å²) >= 11 is 0. The SMILES string of the molecule is CN(C)CCNC(=O)C1CNCc2ccccc21. The zero-order valence-corrected chi connectivity index (χ0v) is 11.1. The molecular weight excluding hydrogens is 226 g/mol. The minimum atomic E-state index is -0.0582. The minimum Gasteiger partial charge on any atom is -0.354 e. The monoisotopic (exact) mass is 247 g/mol. The molecule has 0 bridgehead atoms. The maximum Gasteiger partial charge on any atom is 0.228 e. The summed E-state index contributed by atoms with van der Waals surface area (Å²) in [7, 11) is 4.01. The zero-order valence-electron chi connectivity index (χ0n) is 11.1. The first-order chi connectivity index (χ1) is 8.68. The molecule has 1 aromatic rings. The third kappa shape index (κ3) is 3.09. The van der Waals surface area contributed by atoms with E-state index in [-0.39, 0.29) is 11.8 Å². The van der Waals surface area contributed by atoms with E-state index in [9.17, 15) is 4.79 Å². The number of likely N-dealkylation sites (N-methyl/N-ethyl adjacent to an activating group) is 1. The van der Waals surface area contributed by atoms with Crippen molar-refractivity contribution in [2.75, 3.05) is 33.7 Å². The smallest absolute Gasteiger partial charge is 0.228 e. The second-order valence-corrected chi connectivity index (χ2v) is 4.98. The summed E-state index contributed by atoms with van der Waals surface area (Å²) in [4.78, 5) is 14.2. The molecule has 1 heterocycles. The highest BCUT2D eigenvalue weighted by Gasteiger charge is 2.25. The summed E-state index contributed by atoms with van der Waals surface area (Å²) < 4.78 is 0. The Labute approximate surface area is 108 Å². The van der Waals surface area contributed by atoms with Crippen LogP contribution < -0.4 is 10.6 Å². The van der Waals surface area contributed by atoms with Gasteiger partial charge in [-0.3, -0.25) is 4.79 Å². The number of amides is 1. The van der Waals surface area contributed by atoms with Crippen molar-refractivity contribution in [2.45, 2.75) is 12.5 Å². The molecule has 1 aliphatic heterocycles. The van der Waals surface area contributed by atoms with E-state index in [1.165, 1.54) is 11.1 Å². The summed E-state index contributed by atoms with van der Waals surface area (Å²) in [5, 5.41) is 6.30. The fraction of sp³-hybridized carbons (Fsp3) is 0.500. The third-order valence-electron chi connectivity index (χ3n) is 3.27. The van der Waals surface area contributed by atoms with Crippen LogP contribution in [0.5, 0.6) is 0 Å². The molecule has 1 atom stereocenters. The van der Waals surface area contributed by atoms with Crippen molar-refractivity contribution in [1.82, 2.24) is 15.5 Å². The lowest BCUT2D eigenvalue weighted by Gasteiger charge is -2.25. The van der Waals surface area contributed by atoms with Gasteiger partial charge in [-0.25, -0.2) is 0 Å². The number of nitrogens with zero attached hydrogens (tertiary/aromatic N) is 1. The van der Waals surface area contributed by atoms with Crippen LogP contribution in [-0.2, 0) is 11.3 Å². The highest BCUT2D eigenvalue weighted by molar-refractivity contribution is 5.84. The fourth-order valence-corrected chi connectivity index (χ4v) is 2.26. The second kappa shape index (κ2) is 5.98. The summed E-state index contributed by atoms with van der Waals surface area (Å²) in [5.41, 5.74) is 2.40. The molecule has 0 spiro atoms. The Kier molecular flexibility index (Phi) is 4.33. The topological polar surface area (TPSA) is 44.4 Å². The Hall–Kier alpha value is -1.39. The number of fused-ring (bicyclic) bond motifs is 1. The Bertz CT molecular complexity index is 417. The highest BCUT2D eigenvalue weighted by Crippen LogP contribution is 2.23. The van der Waals surface area contributed by atoms with Crippen molar-refractivity contribution in [1.29, 1.82) is 0 Å². The van der Waals surface area contributed by atoms with Gasteiger partial charge in [0.2, 0.25) is 5.91 Å². The molecule has 0 fully saturated rings. The first-order valence-electron chi connectivity index (χ1n) is 6.39. The molecule has 18 heavy (non-hydrogen) atoms. The van der Waals surface area contributed by atoms with Gasteiger partial charge in [-0.2, -0.15) is 0 Å². The molecule has 0 aliphatic carbocycles. The standard InChI is InChI=1S/C14H21N3O/c1-17(2)8-7-16-14(18)13-10-15-9-11-5-3-4-6-12(11)13/h3-6,13,15H,7-10H2,1-2H3,(H,16,18). The van der Waals surface area contributed by atoms with E-state index in [1.807, 2.05) is 26.2 Å². The first-order valence-corrected chi connectivity index (χ1v) is 6.39. The number of nitrogens with one attached hydrogen (secondary N) is 2. The molecular formula is C14H21N3O. The Morgan fingerprint density at radius 3 is 3.00 bits per heavy atom. The molecule has 1 aromatic carbocycles. The van der Waals surface area contributed by atoms with Gasteiger partial charge in [-0.1, -0.05) is 24.3 Å². The van der Waals surface area contributed by atoms with Crippen LogP contribution in [0.2, 0.25) is 0 Å². The molecule has 2 N–H and O–H groups in total. The van der Waals surface area contributed by atoms with Crippen LogP contribution in [0.3, 0.4) is 0 Å². The molecule has 1 amide bonds. The van der Waals surface area contributed by atoms with Gasteiger partial charge in [0.1, 0.15) is 0 Å². The van der Waals surface area contributed by atoms with Crippen LogP contribution in [0.25, 0.3) is 0 Å². The van der Waals surface area contributed by atoms with Crippen LogP contribution >= 0.6 is 0 Å². The highest BCUT2D eigenvalue weighted by atomic mass is 16.1. The molecule has 4 heteroatoms. The average Bonchev–Trinajstić information content (AvgIpc) is 2.37. The lowest BCUT2D eigenvalue weighted by atomic mass is 9.90. The van der Waals surface area contributed by atoms with Crippen molar-refractivity contribution < 1.29 is 4.79 Å². The van der Waals surface area contributed by atoms with Crippen molar-refractivity contribution >= 4 is 5.91 Å². The Balaban J connectivity index is 1.99. The number of hydrogen-bond donors (Lipinski definition) is 2. The van der Waals surface area contributed by atoms with Crippen LogP contribution in [0.1, 0.15) is 17.0 Å². The average molecular weight is 247 g/mol. The number of carbonyl (C=O) groups is 1. The largest absolute Gasteiger partial charge is 0.354 e. The molecule has 4 nitrogen and oxygen atoms in total. The number of benzene rings is 1. The van der Waals surface area contributed by atoms with Gasteiger partial charge >= 0.3 is 0 Å². The second-order valence-electron chi connectivity index (χ2n) is 4.98. The maximum absolute atomic E-state index is 12.2. The lowest BCUT2D eigenvalue weighted by molar-refractivity contribution is -0.122. The van der Waals surface area contributed by atoms with Crippen molar-refractivity contribution in [3.05, 3.63) is 35.4 Å². The Morgan fingerprint density at radius 2 is 2.22 bits per heavy atom. The van der Waals surface area contributed by atoms with E-state index < -0.39 is 0 Å². The van der Waals surface area contributed by atoms with E-state index in [4.69, 9.17) is 0 Å². The minimum absolute atomic E-state index is 0.0582.